The second kappa shape index (κ2) is 7.28. The smallest absolute Gasteiger partial charge is 0.321 e. The van der Waals surface area contributed by atoms with E-state index in [9.17, 15) is 9.18 Å². The lowest BCUT2D eigenvalue weighted by Gasteiger charge is -2.36. The van der Waals surface area contributed by atoms with Crippen LogP contribution in [0.4, 0.5) is 20.6 Å². The van der Waals surface area contributed by atoms with Gasteiger partial charge >= 0.3 is 6.03 Å². The van der Waals surface area contributed by atoms with Gasteiger partial charge in [-0.25, -0.2) is 9.18 Å². The number of rotatable bonds is 2. The normalized spacial score (nSPS) is 14.6. The Bertz CT molecular complexity index is 748. The van der Waals surface area contributed by atoms with E-state index < -0.39 is 0 Å². The Hall–Kier alpha value is -1.98. The minimum atomic E-state index is -0.257. The van der Waals surface area contributed by atoms with E-state index in [0.717, 1.165) is 5.69 Å². The fraction of sp³-hybridized carbons (Fsp3) is 0.235. The van der Waals surface area contributed by atoms with Crippen LogP contribution in [0.1, 0.15) is 0 Å². The molecule has 2 aromatic carbocycles. The van der Waals surface area contributed by atoms with Crippen LogP contribution in [0, 0.1) is 5.82 Å². The van der Waals surface area contributed by atoms with Gasteiger partial charge in [-0.3, -0.25) is 0 Å². The number of benzene rings is 2. The molecule has 1 aliphatic rings. The lowest BCUT2D eigenvalue weighted by Crippen LogP contribution is -2.50. The van der Waals surface area contributed by atoms with Crippen LogP contribution in [0.15, 0.2) is 42.5 Å². The molecule has 4 nitrogen and oxygen atoms in total. The fourth-order valence-corrected chi connectivity index (χ4v) is 2.92. The van der Waals surface area contributed by atoms with E-state index in [1.165, 1.54) is 12.1 Å². The highest BCUT2D eigenvalue weighted by molar-refractivity contribution is 6.42. The largest absolute Gasteiger partial charge is 0.368 e. The highest BCUT2D eigenvalue weighted by Crippen LogP contribution is 2.25. The van der Waals surface area contributed by atoms with Crippen molar-refractivity contribution in [2.24, 2.45) is 0 Å². The van der Waals surface area contributed by atoms with Gasteiger partial charge in [0.2, 0.25) is 0 Å². The van der Waals surface area contributed by atoms with E-state index in [4.69, 9.17) is 23.2 Å². The number of hydrogen-bond acceptors (Lipinski definition) is 2. The van der Waals surface area contributed by atoms with Crippen LogP contribution in [0.5, 0.6) is 0 Å². The van der Waals surface area contributed by atoms with Crippen molar-refractivity contribution >= 4 is 40.6 Å². The van der Waals surface area contributed by atoms with Gasteiger partial charge in [0.1, 0.15) is 5.82 Å². The SMILES string of the molecule is O=C(Nc1ccc(Cl)c(Cl)c1)N1CCN(c2cccc(F)c2)CC1. The first-order chi connectivity index (χ1) is 11.5. The van der Waals surface area contributed by atoms with Crippen molar-refractivity contribution in [1.29, 1.82) is 0 Å². The fourth-order valence-electron chi connectivity index (χ4n) is 2.62. The summed E-state index contributed by atoms with van der Waals surface area (Å²) in [5.41, 5.74) is 1.43. The second-order valence-electron chi connectivity index (χ2n) is 5.51. The predicted octanol–water partition coefficient (Wildman–Crippen LogP) is 4.49. The molecule has 2 aromatic rings. The maximum Gasteiger partial charge on any atom is 0.321 e. The van der Waals surface area contributed by atoms with Crippen molar-refractivity contribution < 1.29 is 9.18 Å². The average molecular weight is 368 g/mol. The molecule has 0 spiro atoms. The monoisotopic (exact) mass is 367 g/mol. The molecule has 1 aliphatic heterocycles. The van der Waals surface area contributed by atoms with Crippen LogP contribution in [0.25, 0.3) is 0 Å². The van der Waals surface area contributed by atoms with E-state index in [1.54, 1.807) is 29.2 Å². The Morgan fingerprint density at radius 2 is 1.75 bits per heavy atom. The molecule has 0 radical (unpaired) electrons. The summed E-state index contributed by atoms with van der Waals surface area (Å²) in [5.74, 6) is -0.257. The first kappa shape index (κ1) is 16.9. The van der Waals surface area contributed by atoms with E-state index in [0.29, 0.717) is 41.9 Å². The summed E-state index contributed by atoms with van der Waals surface area (Å²) >= 11 is 11.8. The molecule has 0 saturated carbocycles. The third-order valence-corrected chi connectivity index (χ3v) is 4.65. The molecule has 1 N–H and O–H groups in total. The first-order valence-corrected chi connectivity index (χ1v) is 8.30. The number of urea groups is 1. The van der Waals surface area contributed by atoms with Gasteiger partial charge < -0.3 is 15.1 Å². The molecule has 1 heterocycles. The molecule has 0 aliphatic carbocycles. The van der Waals surface area contributed by atoms with Crippen LogP contribution < -0.4 is 10.2 Å². The van der Waals surface area contributed by atoms with Crippen molar-refractivity contribution in [3.63, 3.8) is 0 Å². The Labute approximate surface area is 149 Å². The van der Waals surface area contributed by atoms with Gasteiger partial charge in [0, 0.05) is 37.6 Å². The zero-order chi connectivity index (χ0) is 17.1. The summed E-state index contributed by atoms with van der Waals surface area (Å²) in [7, 11) is 0. The van der Waals surface area contributed by atoms with Gasteiger partial charge in [0.05, 0.1) is 10.0 Å². The van der Waals surface area contributed by atoms with E-state index in [2.05, 4.69) is 10.2 Å². The molecular weight excluding hydrogens is 352 g/mol. The van der Waals surface area contributed by atoms with Crippen LogP contribution in [0.2, 0.25) is 10.0 Å². The van der Waals surface area contributed by atoms with Gasteiger partial charge in [0.25, 0.3) is 0 Å². The third kappa shape index (κ3) is 3.91. The number of piperazine rings is 1. The first-order valence-electron chi connectivity index (χ1n) is 7.54. The number of halogens is 3. The molecule has 3 rings (SSSR count). The summed E-state index contributed by atoms with van der Waals surface area (Å²) < 4.78 is 13.3. The van der Waals surface area contributed by atoms with E-state index in [-0.39, 0.29) is 11.8 Å². The Kier molecular flexibility index (Phi) is 5.11. The Balaban J connectivity index is 1.58. The highest BCUT2D eigenvalue weighted by atomic mass is 35.5. The van der Waals surface area contributed by atoms with Gasteiger partial charge in [0.15, 0.2) is 0 Å². The zero-order valence-corrected chi connectivity index (χ0v) is 14.3. The molecule has 0 unspecified atom stereocenters. The average Bonchev–Trinajstić information content (AvgIpc) is 2.58. The molecule has 0 atom stereocenters. The summed E-state index contributed by atoms with van der Waals surface area (Å²) in [6, 6.07) is 11.3. The zero-order valence-electron chi connectivity index (χ0n) is 12.8. The van der Waals surface area contributed by atoms with Crippen molar-refractivity contribution in [3.8, 4) is 0 Å². The summed E-state index contributed by atoms with van der Waals surface area (Å²) in [4.78, 5) is 16.1. The number of nitrogens with zero attached hydrogens (tertiary/aromatic N) is 2. The van der Waals surface area contributed by atoms with Crippen LogP contribution in [-0.2, 0) is 0 Å². The predicted molar refractivity (Wildman–Crippen MR) is 95.7 cm³/mol. The third-order valence-electron chi connectivity index (χ3n) is 3.91. The molecule has 24 heavy (non-hydrogen) atoms. The number of carbonyl (C=O) groups excluding carboxylic acids is 1. The summed E-state index contributed by atoms with van der Waals surface area (Å²) in [6.07, 6.45) is 0. The summed E-state index contributed by atoms with van der Waals surface area (Å²) in [6.45, 7) is 2.42. The van der Waals surface area contributed by atoms with Crippen LogP contribution >= 0.6 is 23.2 Å². The lowest BCUT2D eigenvalue weighted by molar-refractivity contribution is 0.208. The minimum Gasteiger partial charge on any atom is -0.368 e. The number of hydrogen-bond donors (Lipinski definition) is 1. The number of amides is 2. The Morgan fingerprint density at radius 1 is 1.00 bits per heavy atom. The van der Waals surface area contributed by atoms with Crippen molar-refractivity contribution in [2.75, 3.05) is 36.4 Å². The molecule has 1 fully saturated rings. The van der Waals surface area contributed by atoms with Gasteiger partial charge in [-0.2, -0.15) is 0 Å². The molecule has 0 bridgehead atoms. The second-order valence-corrected chi connectivity index (χ2v) is 6.33. The van der Waals surface area contributed by atoms with Crippen molar-refractivity contribution in [3.05, 3.63) is 58.3 Å². The molecule has 7 heteroatoms. The van der Waals surface area contributed by atoms with Crippen molar-refractivity contribution in [1.82, 2.24) is 4.90 Å². The summed E-state index contributed by atoms with van der Waals surface area (Å²) in [5, 5.41) is 3.65. The van der Waals surface area contributed by atoms with Crippen LogP contribution in [-0.4, -0.2) is 37.1 Å². The minimum absolute atomic E-state index is 0.188. The highest BCUT2D eigenvalue weighted by Gasteiger charge is 2.21. The van der Waals surface area contributed by atoms with E-state index in [1.807, 2.05) is 6.07 Å². The molecule has 0 aromatic heterocycles. The quantitative estimate of drug-likeness (QED) is 0.848. The van der Waals surface area contributed by atoms with Gasteiger partial charge in [-0.05, 0) is 36.4 Å². The molecule has 126 valence electrons. The van der Waals surface area contributed by atoms with Crippen molar-refractivity contribution in [2.45, 2.75) is 0 Å². The molecule has 2 amide bonds. The standard InChI is InChI=1S/C17H16Cl2FN3O/c18-15-5-4-13(11-16(15)19)21-17(24)23-8-6-22(7-9-23)14-3-1-2-12(20)10-14/h1-5,10-11H,6-9H2,(H,21,24). The number of nitrogens with one attached hydrogen (secondary N) is 1. The van der Waals surface area contributed by atoms with Crippen LogP contribution in [0.3, 0.4) is 0 Å². The van der Waals surface area contributed by atoms with E-state index >= 15 is 0 Å². The van der Waals surface area contributed by atoms with Gasteiger partial charge in [-0.1, -0.05) is 29.3 Å². The number of anilines is 2. The number of carbonyl (C=O) groups is 1. The maximum absolute atomic E-state index is 13.3. The molecular formula is C17H16Cl2FN3O. The maximum atomic E-state index is 13.3. The van der Waals surface area contributed by atoms with Gasteiger partial charge in [-0.15, -0.1) is 0 Å². The Morgan fingerprint density at radius 3 is 2.42 bits per heavy atom. The topological polar surface area (TPSA) is 35.6 Å². The molecule has 1 saturated heterocycles. The lowest BCUT2D eigenvalue weighted by atomic mass is 10.2.